The first kappa shape index (κ1) is 17.3. The lowest BCUT2D eigenvalue weighted by molar-refractivity contribution is 0.255. The molecule has 1 unspecified atom stereocenters. The van der Waals surface area contributed by atoms with Crippen molar-refractivity contribution >= 4 is 11.4 Å². The zero-order chi connectivity index (χ0) is 18.7. The van der Waals surface area contributed by atoms with Crippen molar-refractivity contribution in [3.05, 3.63) is 65.4 Å². The van der Waals surface area contributed by atoms with Crippen LogP contribution in [0.5, 0.6) is 0 Å². The summed E-state index contributed by atoms with van der Waals surface area (Å²) in [5.74, 6) is 0. The molecule has 26 heavy (non-hydrogen) atoms. The van der Waals surface area contributed by atoms with Gasteiger partial charge in [-0.05, 0) is 25.5 Å². The molecule has 2 aromatic rings. The average molecular weight is 344 g/mol. The number of hydrogen-bond acceptors (Lipinski definition) is 5. The monoisotopic (exact) mass is 344 g/mol. The summed E-state index contributed by atoms with van der Waals surface area (Å²) in [7, 11) is 0. The topological polar surface area (TPSA) is 94.7 Å². The quantitative estimate of drug-likeness (QED) is 0.851. The molecule has 0 radical (unpaired) electrons. The van der Waals surface area contributed by atoms with Crippen LogP contribution < -0.4 is 5.73 Å². The van der Waals surface area contributed by atoms with Gasteiger partial charge in [-0.1, -0.05) is 19.1 Å². The normalized spacial score (nSPS) is 15.6. The van der Waals surface area contributed by atoms with E-state index in [4.69, 9.17) is 5.73 Å². The highest BCUT2D eigenvalue weighted by Crippen LogP contribution is 2.41. The number of anilines is 1. The Morgan fingerprint density at radius 1 is 1.27 bits per heavy atom. The van der Waals surface area contributed by atoms with Crippen LogP contribution in [0, 0.1) is 22.7 Å². The predicted octanol–water partition coefficient (Wildman–Crippen LogP) is 3.81. The largest absolute Gasteiger partial charge is 0.399 e. The molecule has 0 aliphatic carbocycles. The minimum atomic E-state index is -0.0964. The Bertz CT molecular complexity index is 953. The Kier molecular flexibility index (Phi) is 4.77. The van der Waals surface area contributed by atoms with Crippen molar-refractivity contribution < 1.29 is 0 Å². The smallest absolute Gasteiger partial charge is 0.111 e. The average Bonchev–Trinajstić information content (AvgIpc) is 3.17. The molecule has 1 aliphatic rings. The Labute approximate surface area is 153 Å². The molecular formula is C20H20N6. The highest BCUT2D eigenvalue weighted by molar-refractivity contribution is 5.76. The fraction of sp³-hybridized carbons (Fsp3) is 0.250. The Morgan fingerprint density at radius 2 is 2.04 bits per heavy atom. The molecule has 1 aromatic heterocycles. The minimum absolute atomic E-state index is 0.0964. The number of hydrogen-bond donors (Lipinski definition) is 1. The van der Waals surface area contributed by atoms with Gasteiger partial charge < -0.3 is 15.2 Å². The van der Waals surface area contributed by atoms with E-state index in [0.29, 0.717) is 23.3 Å². The molecule has 2 N–H and O–H groups in total. The van der Waals surface area contributed by atoms with Gasteiger partial charge in [-0.15, -0.1) is 0 Å². The number of nitrogens with zero attached hydrogens (tertiary/aromatic N) is 5. The third kappa shape index (κ3) is 2.94. The third-order valence-electron chi connectivity index (χ3n) is 4.64. The second kappa shape index (κ2) is 7.16. The molecule has 6 nitrogen and oxygen atoms in total. The van der Waals surface area contributed by atoms with Crippen molar-refractivity contribution in [1.82, 2.24) is 14.5 Å². The van der Waals surface area contributed by atoms with Crippen molar-refractivity contribution in [2.24, 2.45) is 0 Å². The number of allylic oxidation sites excluding steroid dienone is 3. The summed E-state index contributed by atoms with van der Waals surface area (Å²) in [5, 5.41) is 19.4. The molecule has 6 heteroatoms. The predicted molar refractivity (Wildman–Crippen MR) is 99.7 cm³/mol. The van der Waals surface area contributed by atoms with Gasteiger partial charge in [0, 0.05) is 35.8 Å². The summed E-state index contributed by atoms with van der Waals surface area (Å²) in [6, 6.07) is 12.1. The lowest BCUT2D eigenvalue weighted by Crippen LogP contribution is -2.33. The molecule has 130 valence electrons. The van der Waals surface area contributed by atoms with E-state index in [0.717, 1.165) is 23.4 Å². The fourth-order valence-corrected chi connectivity index (χ4v) is 3.40. The molecule has 1 aliphatic heterocycles. The molecule has 3 rings (SSSR count). The molecule has 1 aromatic carbocycles. The van der Waals surface area contributed by atoms with Gasteiger partial charge in [-0.2, -0.15) is 10.5 Å². The summed E-state index contributed by atoms with van der Waals surface area (Å²) in [6.07, 6.45) is 6.39. The van der Waals surface area contributed by atoms with Gasteiger partial charge in [0.15, 0.2) is 0 Å². The molecule has 0 bridgehead atoms. The molecule has 1 atom stereocenters. The molecule has 0 saturated heterocycles. The van der Waals surface area contributed by atoms with Gasteiger partial charge in [0.05, 0.1) is 35.3 Å². The standard InChI is InChI=1S/C20H20N6/c1-3-19(25-8-7-24-13-25)26-14(2)16(11-21)9-17(12-22)20(26)15-5-4-6-18(23)10-15/h4-8,10,13,19H,3,9,23H2,1-2H3. The maximum atomic E-state index is 9.78. The van der Waals surface area contributed by atoms with E-state index in [-0.39, 0.29) is 6.17 Å². The highest BCUT2D eigenvalue weighted by atomic mass is 15.3. The van der Waals surface area contributed by atoms with E-state index < -0.39 is 0 Å². The van der Waals surface area contributed by atoms with Crippen molar-refractivity contribution in [3.63, 3.8) is 0 Å². The van der Waals surface area contributed by atoms with Crippen LogP contribution in [0.25, 0.3) is 5.70 Å². The molecule has 0 spiro atoms. The molecule has 0 fully saturated rings. The Hall–Kier alpha value is -3.51. The molecular weight excluding hydrogens is 324 g/mol. The number of benzene rings is 1. The van der Waals surface area contributed by atoms with Crippen molar-refractivity contribution in [1.29, 1.82) is 10.5 Å². The van der Waals surface area contributed by atoms with E-state index in [1.165, 1.54) is 0 Å². The van der Waals surface area contributed by atoms with Crippen molar-refractivity contribution in [2.75, 3.05) is 5.73 Å². The van der Waals surface area contributed by atoms with Gasteiger partial charge in [-0.25, -0.2) is 4.98 Å². The number of nitrogen functional groups attached to an aromatic ring is 1. The van der Waals surface area contributed by atoms with Crippen LogP contribution >= 0.6 is 0 Å². The zero-order valence-electron chi connectivity index (χ0n) is 14.8. The van der Waals surface area contributed by atoms with Crippen LogP contribution in [0.4, 0.5) is 5.69 Å². The summed E-state index contributed by atoms with van der Waals surface area (Å²) in [4.78, 5) is 6.22. The Morgan fingerprint density at radius 3 is 2.62 bits per heavy atom. The molecule has 2 heterocycles. The fourth-order valence-electron chi connectivity index (χ4n) is 3.40. The maximum Gasteiger partial charge on any atom is 0.111 e. The maximum absolute atomic E-state index is 9.78. The lowest BCUT2D eigenvalue weighted by atomic mass is 9.93. The van der Waals surface area contributed by atoms with Crippen LogP contribution in [-0.2, 0) is 0 Å². The minimum Gasteiger partial charge on any atom is -0.399 e. The highest BCUT2D eigenvalue weighted by Gasteiger charge is 2.31. The van der Waals surface area contributed by atoms with Gasteiger partial charge in [0.25, 0.3) is 0 Å². The first-order valence-corrected chi connectivity index (χ1v) is 8.46. The van der Waals surface area contributed by atoms with Crippen LogP contribution in [0.15, 0.2) is 59.8 Å². The van der Waals surface area contributed by atoms with Crippen LogP contribution in [-0.4, -0.2) is 14.5 Å². The van der Waals surface area contributed by atoms with Gasteiger partial charge in [0.1, 0.15) is 6.17 Å². The van der Waals surface area contributed by atoms with E-state index >= 15 is 0 Å². The van der Waals surface area contributed by atoms with Crippen LogP contribution in [0.3, 0.4) is 0 Å². The summed E-state index contributed by atoms with van der Waals surface area (Å²) >= 11 is 0. The number of imidazole rings is 1. The van der Waals surface area contributed by atoms with E-state index in [9.17, 15) is 10.5 Å². The van der Waals surface area contributed by atoms with Crippen molar-refractivity contribution in [2.45, 2.75) is 32.9 Å². The Balaban J connectivity index is 2.24. The number of aromatic nitrogens is 2. The SMILES string of the molecule is CCC(N1C(C)=C(C#N)CC(C#N)=C1c1cccc(N)c1)n1ccnc1. The van der Waals surface area contributed by atoms with Gasteiger partial charge >= 0.3 is 0 Å². The first-order chi connectivity index (χ1) is 12.6. The van der Waals surface area contributed by atoms with Gasteiger partial charge in [0.2, 0.25) is 0 Å². The van der Waals surface area contributed by atoms with Crippen molar-refractivity contribution in [3.8, 4) is 12.1 Å². The third-order valence-corrected chi connectivity index (χ3v) is 4.64. The summed E-state index contributed by atoms with van der Waals surface area (Å²) in [5.41, 5.74) is 10.3. The second-order valence-corrected chi connectivity index (χ2v) is 6.19. The van der Waals surface area contributed by atoms with E-state index in [1.807, 2.05) is 42.0 Å². The molecule has 0 saturated carbocycles. The van der Waals surface area contributed by atoms with Gasteiger partial charge in [-0.3, -0.25) is 0 Å². The first-order valence-electron chi connectivity index (χ1n) is 8.46. The van der Waals surface area contributed by atoms with E-state index in [1.54, 1.807) is 12.5 Å². The number of rotatable bonds is 4. The number of nitriles is 2. The molecule has 0 amide bonds. The zero-order valence-corrected chi connectivity index (χ0v) is 14.8. The van der Waals surface area contributed by atoms with E-state index in [2.05, 4.69) is 28.9 Å². The summed E-state index contributed by atoms with van der Waals surface area (Å²) in [6.45, 7) is 4.00. The second-order valence-electron chi connectivity index (χ2n) is 6.19. The number of nitrogens with two attached hydrogens (primary N) is 1. The summed E-state index contributed by atoms with van der Waals surface area (Å²) < 4.78 is 1.99. The van der Waals surface area contributed by atoms with Crippen LogP contribution in [0.1, 0.15) is 38.4 Å². The van der Waals surface area contributed by atoms with Crippen LogP contribution in [0.2, 0.25) is 0 Å². The lowest BCUT2D eigenvalue weighted by Gasteiger charge is -2.39.